The number of ketones is 1. The molecule has 1 fully saturated rings. The van der Waals surface area contributed by atoms with E-state index < -0.39 is 10.2 Å². The fourth-order valence-electron chi connectivity index (χ4n) is 1.05. The van der Waals surface area contributed by atoms with Gasteiger partial charge in [-0.2, -0.15) is 17.2 Å². The molecule has 0 amide bonds. The van der Waals surface area contributed by atoms with Gasteiger partial charge < -0.3 is 0 Å². The van der Waals surface area contributed by atoms with Crippen molar-refractivity contribution in [3.05, 3.63) is 0 Å². The summed E-state index contributed by atoms with van der Waals surface area (Å²) in [6, 6.07) is 0. The maximum atomic E-state index is 11.1. The van der Waals surface area contributed by atoms with Crippen LogP contribution in [0.4, 0.5) is 0 Å². The first kappa shape index (κ1) is 10.1. The zero-order valence-electron chi connectivity index (χ0n) is 6.49. The van der Waals surface area contributed by atoms with Crippen LogP contribution in [-0.2, 0) is 15.0 Å². The lowest BCUT2D eigenvalue weighted by atomic mass is 10.1. The summed E-state index contributed by atoms with van der Waals surface area (Å²) in [5.74, 6) is 0.130. The SMILES string of the molecule is O=C1CCN(S(=O)(=O)NP)CC1. The summed E-state index contributed by atoms with van der Waals surface area (Å²) in [6.07, 6.45) is 0.650. The molecule has 0 aromatic heterocycles. The van der Waals surface area contributed by atoms with Gasteiger partial charge in [-0.1, -0.05) is 9.39 Å². The van der Waals surface area contributed by atoms with E-state index in [1.54, 1.807) is 0 Å². The second kappa shape index (κ2) is 3.79. The van der Waals surface area contributed by atoms with E-state index in [-0.39, 0.29) is 5.78 Å². The van der Waals surface area contributed by atoms with Crippen LogP contribution in [0.15, 0.2) is 0 Å². The minimum absolute atomic E-state index is 0.130. The van der Waals surface area contributed by atoms with E-state index in [1.807, 2.05) is 9.39 Å². The van der Waals surface area contributed by atoms with Crippen molar-refractivity contribution >= 4 is 25.4 Å². The Morgan fingerprint density at radius 2 is 1.83 bits per heavy atom. The van der Waals surface area contributed by atoms with Crippen LogP contribution < -0.4 is 4.49 Å². The number of rotatable bonds is 2. The molecule has 1 rings (SSSR count). The Labute approximate surface area is 73.9 Å². The summed E-state index contributed by atoms with van der Waals surface area (Å²) >= 11 is 0. The first-order chi connectivity index (χ1) is 5.56. The second-order valence-electron chi connectivity index (χ2n) is 2.56. The van der Waals surface area contributed by atoms with Gasteiger partial charge in [-0.05, 0) is 0 Å². The predicted molar refractivity (Wildman–Crippen MR) is 47.6 cm³/mol. The molecular weight excluding hydrogens is 199 g/mol. The fraction of sp³-hybridized carbons (Fsp3) is 0.800. The van der Waals surface area contributed by atoms with Gasteiger partial charge in [0.1, 0.15) is 5.78 Å². The molecule has 0 aliphatic carbocycles. The number of hydrogen-bond donors (Lipinski definition) is 1. The van der Waals surface area contributed by atoms with Crippen molar-refractivity contribution in [2.24, 2.45) is 0 Å². The van der Waals surface area contributed by atoms with Crippen molar-refractivity contribution in [1.29, 1.82) is 0 Å². The summed E-state index contributed by atoms with van der Waals surface area (Å²) < 4.78 is 25.7. The van der Waals surface area contributed by atoms with Gasteiger partial charge in [0, 0.05) is 25.9 Å². The van der Waals surface area contributed by atoms with Crippen LogP contribution in [0, 0.1) is 0 Å². The molecule has 0 bridgehead atoms. The van der Waals surface area contributed by atoms with Crippen LogP contribution in [-0.4, -0.2) is 31.6 Å². The molecule has 1 heterocycles. The number of carbonyl (C=O) groups excluding carboxylic acids is 1. The summed E-state index contributed by atoms with van der Waals surface area (Å²) in [6.45, 7) is 0.588. The van der Waals surface area contributed by atoms with Crippen LogP contribution in [0.1, 0.15) is 12.8 Å². The molecule has 1 aliphatic rings. The van der Waals surface area contributed by atoms with Gasteiger partial charge in [0.05, 0.1) is 0 Å². The molecule has 0 radical (unpaired) electrons. The highest BCUT2D eigenvalue weighted by Crippen LogP contribution is 2.09. The lowest BCUT2D eigenvalue weighted by Gasteiger charge is -2.24. The van der Waals surface area contributed by atoms with Gasteiger partial charge in [-0.15, -0.1) is 0 Å². The number of nitrogens with zero attached hydrogens (tertiary/aromatic N) is 1. The fourth-order valence-corrected chi connectivity index (χ4v) is 2.31. The van der Waals surface area contributed by atoms with Crippen molar-refractivity contribution in [2.75, 3.05) is 13.1 Å². The lowest BCUT2D eigenvalue weighted by molar-refractivity contribution is -0.120. The molecule has 0 aromatic carbocycles. The van der Waals surface area contributed by atoms with Crippen LogP contribution >= 0.6 is 9.39 Å². The summed E-state index contributed by atoms with van der Waals surface area (Å²) in [7, 11) is -1.41. The Hall–Kier alpha value is -0.0300. The summed E-state index contributed by atoms with van der Waals surface area (Å²) in [5, 5.41) is 0. The molecule has 1 N–H and O–H groups in total. The zero-order chi connectivity index (χ0) is 9.19. The van der Waals surface area contributed by atoms with E-state index in [2.05, 4.69) is 4.49 Å². The number of Topliss-reactive ketones (excluding diaryl/α,β-unsaturated/α-hetero) is 1. The molecular formula is C5H11N2O3PS. The van der Waals surface area contributed by atoms with Crippen molar-refractivity contribution in [1.82, 2.24) is 8.80 Å². The van der Waals surface area contributed by atoms with E-state index in [9.17, 15) is 13.2 Å². The highest BCUT2D eigenvalue weighted by Gasteiger charge is 2.25. The summed E-state index contributed by atoms with van der Waals surface area (Å²) in [5.41, 5.74) is 0. The van der Waals surface area contributed by atoms with Crippen molar-refractivity contribution in [2.45, 2.75) is 12.8 Å². The summed E-state index contributed by atoms with van der Waals surface area (Å²) in [4.78, 5) is 10.8. The molecule has 12 heavy (non-hydrogen) atoms. The van der Waals surface area contributed by atoms with Gasteiger partial charge in [0.15, 0.2) is 0 Å². The average Bonchev–Trinajstić information content (AvgIpc) is 2.05. The van der Waals surface area contributed by atoms with Crippen LogP contribution in [0.5, 0.6) is 0 Å². The monoisotopic (exact) mass is 210 g/mol. The van der Waals surface area contributed by atoms with Gasteiger partial charge in [0.25, 0.3) is 10.2 Å². The molecule has 0 spiro atoms. The number of piperidine rings is 1. The third-order valence-electron chi connectivity index (χ3n) is 1.77. The minimum Gasteiger partial charge on any atom is -0.300 e. The molecule has 70 valence electrons. The van der Waals surface area contributed by atoms with E-state index >= 15 is 0 Å². The quantitative estimate of drug-likeness (QED) is 0.611. The Morgan fingerprint density at radius 1 is 1.33 bits per heavy atom. The Bertz CT molecular complexity index is 266. The molecule has 1 saturated heterocycles. The average molecular weight is 210 g/mol. The highest BCUT2D eigenvalue weighted by molar-refractivity contribution is 7.90. The van der Waals surface area contributed by atoms with E-state index in [0.29, 0.717) is 25.9 Å². The van der Waals surface area contributed by atoms with E-state index in [0.717, 1.165) is 0 Å². The maximum absolute atomic E-state index is 11.1. The van der Waals surface area contributed by atoms with Crippen LogP contribution in [0.2, 0.25) is 0 Å². The third kappa shape index (κ3) is 2.23. The normalized spacial score (nSPS) is 21.2. The number of hydrogen-bond acceptors (Lipinski definition) is 3. The Morgan fingerprint density at radius 3 is 2.25 bits per heavy atom. The van der Waals surface area contributed by atoms with E-state index in [1.165, 1.54) is 4.31 Å². The number of nitrogens with one attached hydrogen (secondary N) is 1. The van der Waals surface area contributed by atoms with Crippen molar-refractivity contribution < 1.29 is 13.2 Å². The van der Waals surface area contributed by atoms with Gasteiger partial charge in [-0.25, -0.2) is 0 Å². The van der Waals surface area contributed by atoms with Crippen LogP contribution in [0.25, 0.3) is 0 Å². The van der Waals surface area contributed by atoms with Gasteiger partial charge >= 0.3 is 0 Å². The third-order valence-corrected chi connectivity index (χ3v) is 4.01. The highest BCUT2D eigenvalue weighted by atomic mass is 32.2. The second-order valence-corrected chi connectivity index (χ2v) is 4.97. The molecule has 0 saturated carbocycles. The first-order valence-corrected chi connectivity index (χ1v) is 5.57. The molecule has 1 unspecified atom stereocenters. The number of carbonyl (C=O) groups is 1. The molecule has 5 nitrogen and oxygen atoms in total. The Kier molecular flexibility index (Phi) is 3.17. The molecule has 1 atom stereocenters. The first-order valence-electron chi connectivity index (χ1n) is 3.55. The van der Waals surface area contributed by atoms with Crippen LogP contribution in [0.3, 0.4) is 0 Å². The van der Waals surface area contributed by atoms with Gasteiger partial charge in [-0.3, -0.25) is 4.79 Å². The minimum atomic E-state index is -3.35. The van der Waals surface area contributed by atoms with E-state index in [4.69, 9.17) is 0 Å². The molecule has 1 aliphatic heterocycles. The zero-order valence-corrected chi connectivity index (χ0v) is 8.46. The van der Waals surface area contributed by atoms with Crippen molar-refractivity contribution in [3.8, 4) is 0 Å². The Balaban J connectivity index is 2.62. The van der Waals surface area contributed by atoms with Crippen molar-refractivity contribution in [3.63, 3.8) is 0 Å². The molecule has 7 heteroatoms. The maximum Gasteiger partial charge on any atom is 0.282 e. The predicted octanol–water partition coefficient (Wildman–Crippen LogP) is -0.724. The largest absolute Gasteiger partial charge is 0.300 e. The topological polar surface area (TPSA) is 66.5 Å². The van der Waals surface area contributed by atoms with Gasteiger partial charge in [0.2, 0.25) is 0 Å². The lowest BCUT2D eigenvalue weighted by Crippen LogP contribution is -2.42. The smallest absolute Gasteiger partial charge is 0.282 e. The molecule has 0 aromatic rings. The standard InChI is InChI=1S/C5H11N2O3PS/c8-5-1-3-7(4-2-5)12(9,10)6-11/h6H,1-4,11H2.